The molecule has 3 heteroatoms. The van der Waals surface area contributed by atoms with Gasteiger partial charge in [0.2, 0.25) is 0 Å². The highest BCUT2D eigenvalue weighted by Gasteiger charge is 2.68. The molecule has 3 nitrogen and oxygen atoms in total. The van der Waals surface area contributed by atoms with Gasteiger partial charge < -0.3 is 5.11 Å². The third-order valence-electron chi connectivity index (χ3n) is 12.0. The Labute approximate surface area is 216 Å². The fourth-order valence-corrected chi connectivity index (χ4v) is 10.2. The van der Waals surface area contributed by atoms with Gasteiger partial charge in [0.1, 0.15) is 6.07 Å². The van der Waals surface area contributed by atoms with Crippen LogP contribution in [0.4, 0.5) is 0 Å². The molecule has 198 valence electrons. The minimum absolute atomic E-state index is 0.0343. The summed E-state index contributed by atoms with van der Waals surface area (Å²) in [5.41, 5.74) is 1.08. The molecule has 0 aromatic rings. The molecule has 0 amide bonds. The van der Waals surface area contributed by atoms with Gasteiger partial charge in [-0.05, 0) is 96.7 Å². The third kappa shape index (κ3) is 3.96. The second-order valence-electron chi connectivity index (χ2n) is 13.1. The van der Waals surface area contributed by atoms with Gasteiger partial charge in [-0.25, -0.2) is 0 Å². The zero-order chi connectivity index (χ0) is 26.2. The van der Waals surface area contributed by atoms with Crippen molar-refractivity contribution in [1.29, 1.82) is 5.26 Å². The zero-order valence-electron chi connectivity index (χ0n) is 24.0. The van der Waals surface area contributed by atoms with Crippen molar-refractivity contribution in [1.82, 2.24) is 0 Å². The summed E-state index contributed by atoms with van der Waals surface area (Å²) in [5.74, 6) is 2.33. The lowest BCUT2D eigenvalue weighted by molar-refractivity contribution is -0.213. The minimum atomic E-state index is -0.0550. The van der Waals surface area contributed by atoms with Crippen molar-refractivity contribution in [3.05, 3.63) is 11.6 Å². The molecule has 0 aliphatic heterocycles. The van der Waals surface area contributed by atoms with Gasteiger partial charge in [-0.2, -0.15) is 5.26 Å². The highest BCUT2D eigenvalue weighted by atomic mass is 16.3. The van der Waals surface area contributed by atoms with Crippen molar-refractivity contribution >= 4 is 5.78 Å². The number of rotatable bonds is 1. The van der Waals surface area contributed by atoms with E-state index < -0.39 is 0 Å². The number of hydrogen-bond acceptors (Lipinski definition) is 3. The summed E-state index contributed by atoms with van der Waals surface area (Å²) in [4.78, 5) is 12.8. The molecule has 4 saturated carbocycles. The molecule has 8 unspecified atom stereocenters. The summed E-state index contributed by atoms with van der Waals surface area (Å²) in [6.07, 6.45) is 14.3. The van der Waals surface area contributed by atoms with Crippen LogP contribution in [-0.4, -0.2) is 17.5 Å². The Balaban J connectivity index is 0.000000638. The van der Waals surface area contributed by atoms with Gasteiger partial charge in [0.25, 0.3) is 0 Å². The van der Waals surface area contributed by atoms with Crippen LogP contribution in [0.25, 0.3) is 0 Å². The van der Waals surface area contributed by atoms with Crippen LogP contribution in [0, 0.1) is 62.6 Å². The second kappa shape index (κ2) is 10.3. The second-order valence-corrected chi connectivity index (χ2v) is 13.1. The molecule has 35 heavy (non-hydrogen) atoms. The predicted octanol–water partition coefficient (Wildman–Crippen LogP) is 8.13. The van der Waals surface area contributed by atoms with Crippen molar-refractivity contribution < 1.29 is 9.90 Å². The fraction of sp³-hybridized carbons (Fsp3) is 0.875. The first-order valence-corrected chi connectivity index (χ1v) is 14.9. The highest BCUT2D eigenvalue weighted by Crippen LogP contribution is 2.75. The summed E-state index contributed by atoms with van der Waals surface area (Å²) in [6.45, 7) is 18.2. The highest BCUT2D eigenvalue weighted by molar-refractivity contribution is 6.01. The van der Waals surface area contributed by atoms with E-state index in [0.717, 1.165) is 6.42 Å². The Morgan fingerprint density at radius 1 is 0.943 bits per heavy atom. The first kappa shape index (κ1) is 28.4. The van der Waals surface area contributed by atoms with Crippen LogP contribution in [0.1, 0.15) is 120 Å². The summed E-state index contributed by atoms with van der Waals surface area (Å²) in [6, 6.07) is 2.24. The molecular formula is C32H53NO2. The van der Waals surface area contributed by atoms with Crippen LogP contribution in [0.2, 0.25) is 0 Å². The first-order chi connectivity index (χ1) is 16.6. The lowest BCUT2D eigenvalue weighted by Crippen LogP contribution is -2.64. The molecule has 1 N–H and O–H groups in total. The summed E-state index contributed by atoms with van der Waals surface area (Å²) in [5, 5.41) is 20.0. The van der Waals surface area contributed by atoms with E-state index in [-0.39, 0.29) is 27.9 Å². The van der Waals surface area contributed by atoms with Crippen LogP contribution >= 0.6 is 0 Å². The van der Waals surface area contributed by atoms with Gasteiger partial charge in [0.05, 0.1) is 5.57 Å². The molecule has 5 aliphatic rings. The minimum Gasteiger partial charge on any atom is -0.396 e. The monoisotopic (exact) mass is 483 g/mol. The average molecular weight is 484 g/mol. The molecule has 0 bridgehead atoms. The number of ketones is 1. The van der Waals surface area contributed by atoms with E-state index in [9.17, 15) is 15.2 Å². The zero-order valence-corrected chi connectivity index (χ0v) is 24.0. The molecule has 0 aromatic carbocycles. The fourth-order valence-electron chi connectivity index (χ4n) is 10.2. The van der Waals surface area contributed by atoms with Gasteiger partial charge >= 0.3 is 0 Å². The number of fused-ring (bicyclic) bond motifs is 7. The van der Waals surface area contributed by atoms with E-state index in [4.69, 9.17) is 0 Å². The van der Waals surface area contributed by atoms with Crippen LogP contribution in [0.15, 0.2) is 11.6 Å². The van der Waals surface area contributed by atoms with E-state index in [2.05, 4.69) is 53.7 Å². The number of carbonyl (C=O) groups is 1. The Kier molecular flexibility index (Phi) is 8.38. The first-order valence-electron chi connectivity index (χ1n) is 14.9. The lowest BCUT2D eigenvalue weighted by Gasteiger charge is -2.70. The molecular weight excluding hydrogens is 430 g/mol. The SMILES string of the molecule is CC.CC1C(=O)C(C#N)=CC2(C)C1CCC1(C)C2CCC2C3CCCC3(CO)CC[C@]21C.CCC. The van der Waals surface area contributed by atoms with E-state index in [1.54, 1.807) is 0 Å². The summed E-state index contributed by atoms with van der Waals surface area (Å²) in [7, 11) is 0. The number of carbonyl (C=O) groups excluding carboxylic acids is 1. The Morgan fingerprint density at radius 2 is 1.60 bits per heavy atom. The Morgan fingerprint density at radius 3 is 2.20 bits per heavy atom. The number of aliphatic hydroxyl groups excluding tert-OH is 1. The predicted molar refractivity (Wildman–Crippen MR) is 145 cm³/mol. The number of aliphatic hydroxyl groups is 1. The van der Waals surface area contributed by atoms with Gasteiger partial charge in [-0.1, -0.05) is 74.3 Å². The number of nitriles is 1. The molecule has 0 saturated heterocycles. The Bertz CT molecular complexity index is 856. The van der Waals surface area contributed by atoms with Gasteiger partial charge in [0, 0.05) is 12.5 Å². The van der Waals surface area contributed by atoms with Crippen LogP contribution < -0.4 is 0 Å². The van der Waals surface area contributed by atoms with Crippen LogP contribution in [0.3, 0.4) is 0 Å². The molecule has 5 aliphatic carbocycles. The quantitative estimate of drug-likeness (QED) is 0.409. The van der Waals surface area contributed by atoms with E-state index >= 15 is 0 Å². The molecule has 0 spiro atoms. The maximum absolute atomic E-state index is 12.8. The smallest absolute Gasteiger partial charge is 0.176 e. The average Bonchev–Trinajstić information content (AvgIpc) is 3.28. The maximum atomic E-state index is 12.8. The van der Waals surface area contributed by atoms with E-state index in [1.807, 2.05) is 13.8 Å². The number of Topliss-reactive ketones (excluding diaryl/α,β-unsaturated/α-hetero) is 1. The van der Waals surface area contributed by atoms with Crippen molar-refractivity contribution in [3.63, 3.8) is 0 Å². The van der Waals surface area contributed by atoms with Crippen molar-refractivity contribution in [2.45, 2.75) is 120 Å². The lowest BCUT2D eigenvalue weighted by atomic mass is 9.34. The standard InChI is InChI=1S/C27H39NO2.C3H8.C2H6/c1-17-19-9-11-26(4)22(24(19,2)14-18(15-28)23(17)30)8-7-20-21-6-5-10-27(21,16-29)13-12-25(20,26)3;1-3-2;1-2/h14,17,19-22,29H,5-13,16H2,1-4H3;3H2,1-2H3;1-2H3/t17?,19?,20?,21?,22?,24?,25-,26?,27?;;/m1../s1. The van der Waals surface area contributed by atoms with Gasteiger partial charge in [-0.3, -0.25) is 4.79 Å². The van der Waals surface area contributed by atoms with Crippen molar-refractivity contribution in [2.24, 2.45) is 51.2 Å². The molecule has 0 aromatic heterocycles. The maximum Gasteiger partial charge on any atom is 0.176 e. The normalized spacial score (nSPS) is 47.7. The topological polar surface area (TPSA) is 61.1 Å². The number of allylic oxidation sites excluding steroid dienone is 2. The van der Waals surface area contributed by atoms with E-state index in [1.165, 1.54) is 57.8 Å². The molecule has 4 fully saturated rings. The summed E-state index contributed by atoms with van der Waals surface area (Å²) >= 11 is 0. The van der Waals surface area contributed by atoms with Crippen LogP contribution in [-0.2, 0) is 4.79 Å². The van der Waals surface area contributed by atoms with Crippen molar-refractivity contribution in [3.8, 4) is 6.07 Å². The largest absolute Gasteiger partial charge is 0.396 e. The van der Waals surface area contributed by atoms with Gasteiger partial charge in [-0.15, -0.1) is 0 Å². The number of hydrogen-bond donors (Lipinski definition) is 1. The third-order valence-corrected chi connectivity index (χ3v) is 12.0. The van der Waals surface area contributed by atoms with Crippen molar-refractivity contribution in [2.75, 3.05) is 6.61 Å². The summed E-state index contributed by atoms with van der Waals surface area (Å²) < 4.78 is 0. The Hall–Kier alpha value is -1.14. The van der Waals surface area contributed by atoms with Crippen LogP contribution in [0.5, 0.6) is 0 Å². The molecule has 0 radical (unpaired) electrons. The van der Waals surface area contributed by atoms with Gasteiger partial charge in [0.15, 0.2) is 5.78 Å². The molecule has 9 atom stereocenters. The van der Waals surface area contributed by atoms with E-state index in [0.29, 0.717) is 41.3 Å². The molecule has 5 rings (SSSR count). The number of nitrogens with zero attached hydrogens (tertiary/aromatic N) is 1. The molecule has 0 heterocycles.